The number of rotatable bonds is 2. The Labute approximate surface area is 149 Å². The number of likely N-dealkylation sites (N-methyl/N-ethyl adjacent to an activating group) is 1. The van der Waals surface area contributed by atoms with Gasteiger partial charge in [-0.05, 0) is 26.3 Å². The van der Waals surface area contributed by atoms with Crippen LogP contribution >= 0.6 is 0 Å². The van der Waals surface area contributed by atoms with Crippen molar-refractivity contribution in [3.8, 4) is 0 Å². The zero-order valence-corrected chi connectivity index (χ0v) is 14.8. The van der Waals surface area contributed by atoms with E-state index in [-0.39, 0.29) is 5.91 Å². The van der Waals surface area contributed by atoms with Crippen LogP contribution in [0.5, 0.6) is 0 Å². The van der Waals surface area contributed by atoms with Crippen molar-refractivity contribution >= 4 is 11.9 Å². The van der Waals surface area contributed by atoms with Gasteiger partial charge >= 0.3 is 12.1 Å². The summed E-state index contributed by atoms with van der Waals surface area (Å²) in [6.45, 7) is 8.10. The number of halogens is 3. The Kier molecular flexibility index (Phi) is 6.27. The number of aliphatic carboxylic acids is 1. The zero-order valence-electron chi connectivity index (χ0n) is 14.8. The Hall–Kier alpha value is -2.10. The first-order valence-electron chi connectivity index (χ1n) is 8.54. The van der Waals surface area contributed by atoms with Gasteiger partial charge in [-0.2, -0.15) is 18.3 Å². The molecule has 1 aromatic heterocycles. The number of fused-ring (bicyclic) bond motifs is 1. The summed E-state index contributed by atoms with van der Waals surface area (Å²) >= 11 is 0. The minimum Gasteiger partial charge on any atom is -0.475 e. The highest BCUT2D eigenvalue weighted by atomic mass is 19.4. The number of carboxylic acid groups (broad SMARTS) is 1. The zero-order chi connectivity index (χ0) is 19.5. The lowest BCUT2D eigenvalue weighted by Gasteiger charge is -2.26. The highest BCUT2D eigenvalue weighted by Gasteiger charge is 2.38. The van der Waals surface area contributed by atoms with Gasteiger partial charge in [0.05, 0.1) is 0 Å². The van der Waals surface area contributed by atoms with Crippen LogP contribution in [-0.4, -0.2) is 68.8 Å². The summed E-state index contributed by atoms with van der Waals surface area (Å²) in [6, 6.07) is 0.353. The fraction of sp³-hybridized carbons (Fsp3) is 0.688. The van der Waals surface area contributed by atoms with Crippen LogP contribution in [0.25, 0.3) is 0 Å². The monoisotopic (exact) mass is 376 g/mol. The standard InChI is InChI=1S/C14H22N4O.C2HF3O2/c1-3-17-8-6-12-11(9-17)13(16-15-12)14(19)18-7-4-5-10(18)2;3-2(4,5)1(6)7/h10H,3-9H2,1-2H3,(H,15,16);(H,6,7). The molecule has 1 saturated heterocycles. The molecule has 1 amide bonds. The maximum absolute atomic E-state index is 12.6. The van der Waals surface area contributed by atoms with Crippen LogP contribution in [-0.2, 0) is 17.8 Å². The van der Waals surface area contributed by atoms with Crippen LogP contribution in [0.1, 0.15) is 48.4 Å². The summed E-state index contributed by atoms with van der Waals surface area (Å²) in [5.74, 6) is -2.65. The maximum Gasteiger partial charge on any atom is 0.490 e. The van der Waals surface area contributed by atoms with Gasteiger partial charge < -0.3 is 10.0 Å². The van der Waals surface area contributed by atoms with Gasteiger partial charge in [0.2, 0.25) is 0 Å². The second kappa shape index (κ2) is 8.07. The van der Waals surface area contributed by atoms with Crippen LogP contribution in [0, 0.1) is 0 Å². The summed E-state index contributed by atoms with van der Waals surface area (Å²) < 4.78 is 31.7. The van der Waals surface area contributed by atoms with Crippen LogP contribution in [0.15, 0.2) is 0 Å². The van der Waals surface area contributed by atoms with E-state index in [2.05, 4.69) is 28.9 Å². The van der Waals surface area contributed by atoms with Gasteiger partial charge in [-0.3, -0.25) is 14.8 Å². The third-order valence-corrected chi connectivity index (χ3v) is 4.72. The molecule has 3 heterocycles. The number of likely N-dealkylation sites (tertiary alicyclic amines) is 1. The summed E-state index contributed by atoms with van der Waals surface area (Å²) in [7, 11) is 0. The lowest BCUT2D eigenvalue weighted by Crippen LogP contribution is -2.36. The predicted octanol–water partition coefficient (Wildman–Crippen LogP) is 2.05. The van der Waals surface area contributed by atoms with Crippen molar-refractivity contribution in [2.24, 2.45) is 0 Å². The summed E-state index contributed by atoms with van der Waals surface area (Å²) in [4.78, 5) is 25.8. The second-order valence-corrected chi connectivity index (χ2v) is 6.44. The number of aromatic nitrogens is 2. The van der Waals surface area contributed by atoms with Crippen molar-refractivity contribution in [3.05, 3.63) is 17.0 Å². The average molecular weight is 376 g/mol. The number of carbonyl (C=O) groups is 2. The second-order valence-electron chi connectivity index (χ2n) is 6.44. The Morgan fingerprint density at radius 2 is 2.00 bits per heavy atom. The van der Waals surface area contributed by atoms with Gasteiger partial charge in [0.1, 0.15) is 0 Å². The number of H-pyrrole nitrogens is 1. The molecule has 10 heteroatoms. The van der Waals surface area contributed by atoms with Gasteiger partial charge in [-0.1, -0.05) is 6.92 Å². The number of carbonyl (C=O) groups excluding carboxylic acids is 1. The maximum atomic E-state index is 12.6. The highest BCUT2D eigenvalue weighted by Crippen LogP contribution is 2.24. The van der Waals surface area contributed by atoms with Gasteiger partial charge in [-0.25, -0.2) is 4.79 Å². The number of nitrogens with one attached hydrogen (secondary N) is 1. The Morgan fingerprint density at radius 3 is 2.50 bits per heavy atom. The van der Waals surface area contributed by atoms with Crippen molar-refractivity contribution in [1.29, 1.82) is 0 Å². The summed E-state index contributed by atoms with van der Waals surface area (Å²) in [5, 5.41) is 14.5. The highest BCUT2D eigenvalue weighted by molar-refractivity contribution is 5.94. The molecule has 146 valence electrons. The van der Waals surface area contributed by atoms with Crippen LogP contribution in [0.2, 0.25) is 0 Å². The third-order valence-electron chi connectivity index (χ3n) is 4.72. The van der Waals surface area contributed by atoms with Crippen LogP contribution < -0.4 is 0 Å². The summed E-state index contributed by atoms with van der Waals surface area (Å²) in [5.41, 5.74) is 2.93. The van der Waals surface area contributed by atoms with Crippen molar-refractivity contribution in [2.75, 3.05) is 19.6 Å². The normalized spacial score (nSPS) is 20.3. The van der Waals surface area contributed by atoms with E-state index >= 15 is 0 Å². The molecule has 1 unspecified atom stereocenters. The topological polar surface area (TPSA) is 89.5 Å². The van der Waals surface area contributed by atoms with Crippen molar-refractivity contribution in [2.45, 2.75) is 51.9 Å². The van der Waals surface area contributed by atoms with E-state index in [1.54, 1.807) is 0 Å². The van der Waals surface area contributed by atoms with E-state index in [1.165, 1.54) is 0 Å². The molecule has 0 saturated carbocycles. The van der Waals surface area contributed by atoms with Gasteiger partial charge in [0.15, 0.2) is 5.69 Å². The minimum absolute atomic E-state index is 0.112. The van der Waals surface area contributed by atoms with Crippen molar-refractivity contribution in [1.82, 2.24) is 20.0 Å². The molecule has 26 heavy (non-hydrogen) atoms. The lowest BCUT2D eigenvalue weighted by atomic mass is 10.0. The van der Waals surface area contributed by atoms with E-state index in [4.69, 9.17) is 9.90 Å². The number of alkyl halides is 3. The van der Waals surface area contributed by atoms with E-state index in [9.17, 15) is 18.0 Å². The van der Waals surface area contributed by atoms with E-state index in [0.29, 0.717) is 11.7 Å². The molecule has 2 N–H and O–H groups in total. The largest absolute Gasteiger partial charge is 0.490 e. The SMILES string of the molecule is CCN1CCc2[nH]nc(C(=O)N3CCCC3C)c2C1.O=C(O)C(F)(F)F. The predicted molar refractivity (Wildman–Crippen MR) is 86.7 cm³/mol. The molecular formula is C16H23F3N4O3. The van der Waals surface area contributed by atoms with Gasteiger partial charge in [0, 0.05) is 43.4 Å². The van der Waals surface area contributed by atoms with Gasteiger partial charge in [-0.15, -0.1) is 0 Å². The minimum atomic E-state index is -5.08. The molecule has 2 aliphatic heterocycles. The molecule has 1 aromatic rings. The fourth-order valence-electron chi connectivity index (χ4n) is 3.17. The van der Waals surface area contributed by atoms with Crippen molar-refractivity contribution < 1.29 is 27.9 Å². The molecule has 1 atom stereocenters. The molecule has 0 aromatic carbocycles. The van der Waals surface area contributed by atoms with E-state index in [1.807, 2.05) is 4.90 Å². The first kappa shape index (κ1) is 20.2. The van der Waals surface area contributed by atoms with E-state index < -0.39 is 12.1 Å². The summed E-state index contributed by atoms with van der Waals surface area (Å²) in [6.07, 6.45) is -1.89. The average Bonchev–Trinajstić information content (AvgIpc) is 3.19. The number of hydrogen-bond donors (Lipinski definition) is 2. The third kappa shape index (κ3) is 4.54. The molecule has 7 nitrogen and oxygen atoms in total. The molecule has 3 rings (SSSR count). The number of carboxylic acids is 1. The molecule has 0 spiro atoms. The molecule has 0 aliphatic carbocycles. The number of amides is 1. The van der Waals surface area contributed by atoms with Gasteiger partial charge in [0.25, 0.3) is 5.91 Å². The van der Waals surface area contributed by atoms with Crippen LogP contribution in [0.3, 0.4) is 0 Å². The lowest BCUT2D eigenvalue weighted by molar-refractivity contribution is -0.192. The Balaban J connectivity index is 0.000000298. The number of hydrogen-bond acceptors (Lipinski definition) is 4. The molecule has 2 aliphatic rings. The molecule has 1 fully saturated rings. The Morgan fingerprint density at radius 1 is 1.35 bits per heavy atom. The first-order chi connectivity index (χ1) is 12.1. The smallest absolute Gasteiger partial charge is 0.475 e. The van der Waals surface area contributed by atoms with E-state index in [0.717, 1.165) is 56.7 Å². The number of aromatic amines is 1. The molecule has 0 radical (unpaired) electrons. The number of nitrogens with zero attached hydrogens (tertiary/aromatic N) is 3. The Bertz CT molecular complexity index is 660. The van der Waals surface area contributed by atoms with Crippen molar-refractivity contribution in [3.63, 3.8) is 0 Å². The fourth-order valence-corrected chi connectivity index (χ4v) is 3.17. The van der Waals surface area contributed by atoms with Crippen LogP contribution in [0.4, 0.5) is 13.2 Å². The quantitative estimate of drug-likeness (QED) is 0.825. The first-order valence-corrected chi connectivity index (χ1v) is 8.54. The molecule has 0 bridgehead atoms. The molecular weight excluding hydrogens is 353 g/mol.